The van der Waals surface area contributed by atoms with E-state index in [2.05, 4.69) is 10.3 Å². The van der Waals surface area contributed by atoms with Gasteiger partial charge in [-0.3, -0.25) is 14.6 Å². The largest absolute Gasteiger partial charge is 0.330 e. The van der Waals surface area contributed by atoms with E-state index in [0.717, 1.165) is 31.2 Å². The highest BCUT2D eigenvalue weighted by molar-refractivity contribution is 6.04. The van der Waals surface area contributed by atoms with Crippen molar-refractivity contribution >= 4 is 17.5 Å². The maximum absolute atomic E-state index is 13.8. The van der Waals surface area contributed by atoms with E-state index in [0.29, 0.717) is 23.4 Å². The van der Waals surface area contributed by atoms with Crippen LogP contribution in [0.5, 0.6) is 0 Å². The molecule has 1 saturated carbocycles. The summed E-state index contributed by atoms with van der Waals surface area (Å²) in [5.74, 6) is -0.936. The molecule has 4 rings (SSSR count). The van der Waals surface area contributed by atoms with Crippen LogP contribution in [0.25, 0.3) is 0 Å². The second kappa shape index (κ2) is 10.4. The van der Waals surface area contributed by atoms with Gasteiger partial charge in [-0.1, -0.05) is 31.0 Å². The van der Waals surface area contributed by atoms with Gasteiger partial charge in [0.1, 0.15) is 5.82 Å². The molecular weight excluding hydrogens is 419 g/mol. The number of carbonyl (C=O) groups is 2. The van der Waals surface area contributed by atoms with Crippen LogP contribution in [0.4, 0.5) is 10.1 Å². The number of halogens is 1. The first-order valence-electron chi connectivity index (χ1n) is 11.1. The van der Waals surface area contributed by atoms with Crippen molar-refractivity contribution in [3.8, 4) is 0 Å². The van der Waals surface area contributed by atoms with E-state index in [1.54, 1.807) is 41.6 Å². The summed E-state index contributed by atoms with van der Waals surface area (Å²) < 4.78 is 13.8. The SMILES string of the molecule is NC1CCCCC1N(Cc1cccc(NC(=O)c2ccncc2)c1)C(=O)c1cccc(F)c1. The molecule has 170 valence electrons. The van der Waals surface area contributed by atoms with Gasteiger partial charge in [-0.25, -0.2) is 4.39 Å². The molecule has 1 aliphatic rings. The van der Waals surface area contributed by atoms with E-state index in [1.165, 1.54) is 18.2 Å². The van der Waals surface area contributed by atoms with Gasteiger partial charge in [0.2, 0.25) is 0 Å². The third-order valence-corrected chi connectivity index (χ3v) is 5.99. The van der Waals surface area contributed by atoms with E-state index in [-0.39, 0.29) is 23.9 Å². The topological polar surface area (TPSA) is 88.3 Å². The van der Waals surface area contributed by atoms with Crippen LogP contribution < -0.4 is 11.1 Å². The van der Waals surface area contributed by atoms with Gasteiger partial charge in [-0.05, 0) is 60.9 Å². The Morgan fingerprint density at radius 2 is 1.76 bits per heavy atom. The second-order valence-electron chi connectivity index (χ2n) is 8.35. The highest BCUT2D eigenvalue weighted by Crippen LogP contribution is 2.26. The summed E-state index contributed by atoms with van der Waals surface area (Å²) in [6.07, 6.45) is 6.81. The average molecular weight is 447 g/mol. The Balaban J connectivity index is 1.57. The van der Waals surface area contributed by atoms with Crippen molar-refractivity contribution < 1.29 is 14.0 Å². The molecule has 0 aliphatic heterocycles. The first-order valence-corrected chi connectivity index (χ1v) is 11.1. The number of anilines is 1. The lowest BCUT2D eigenvalue weighted by Crippen LogP contribution is -2.51. The molecule has 1 heterocycles. The molecule has 7 heteroatoms. The van der Waals surface area contributed by atoms with Crippen LogP contribution in [0.15, 0.2) is 73.1 Å². The molecule has 1 fully saturated rings. The average Bonchev–Trinajstić information content (AvgIpc) is 2.83. The fourth-order valence-electron chi connectivity index (χ4n) is 4.30. The summed E-state index contributed by atoms with van der Waals surface area (Å²) in [5, 5.41) is 2.88. The van der Waals surface area contributed by atoms with Crippen LogP contribution >= 0.6 is 0 Å². The summed E-state index contributed by atoms with van der Waals surface area (Å²) in [7, 11) is 0. The molecule has 3 N–H and O–H groups in total. The van der Waals surface area contributed by atoms with Crippen molar-refractivity contribution in [3.63, 3.8) is 0 Å². The van der Waals surface area contributed by atoms with Gasteiger partial charge in [0.15, 0.2) is 0 Å². The van der Waals surface area contributed by atoms with Crippen LogP contribution in [0.2, 0.25) is 0 Å². The predicted octanol–water partition coefficient (Wildman–Crippen LogP) is 4.39. The minimum atomic E-state index is -0.449. The van der Waals surface area contributed by atoms with Crippen LogP contribution in [0.3, 0.4) is 0 Å². The van der Waals surface area contributed by atoms with Gasteiger partial charge < -0.3 is 16.0 Å². The Kier molecular flexibility index (Phi) is 7.10. The number of pyridine rings is 1. The summed E-state index contributed by atoms with van der Waals surface area (Å²) in [6, 6.07) is 16.1. The number of nitrogens with one attached hydrogen (secondary N) is 1. The molecule has 0 saturated heterocycles. The maximum atomic E-state index is 13.8. The van der Waals surface area contributed by atoms with Crippen molar-refractivity contribution in [3.05, 3.63) is 95.6 Å². The Bertz CT molecular complexity index is 1120. The van der Waals surface area contributed by atoms with Crippen LogP contribution in [0.1, 0.15) is 52.0 Å². The Morgan fingerprint density at radius 1 is 1.00 bits per heavy atom. The van der Waals surface area contributed by atoms with Gasteiger partial charge in [0.25, 0.3) is 11.8 Å². The lowest BCUT2D eigenvalue weighted by atomic mass is 9.89. The molecule has 2 aromatic carbocycles. The van der Waals surface area contributed by atoms with Gasteiger partial charge in [0, 0.05) is 47.8 Å². The molecule has 2 unspecified atom stereocenters. The third-order valence-electron chi connectivity index (χ3n) is 5.99. The minimum Gasteiger partial charge on any atom is -0.330 e. The molecule has 3 aromatic rings. The molecule has 2 amide bonds. The Morgan fingerprint density at radius 3 is 2.52 bits per heavy atom. The molecule has 33 heavy (non-hydrogen) atoms. The Labute approximate surface area is 192 Å². The monoisotopic (exact) mass is 446 g/mol. The smallest absolute Gasteiger partial charge is 0.255 e. The van der Waals surface area contributed by atoms with Crippen LogP contribution in [-0.2, 0) is 6.54 Å². The van der Waals surface area contributed by atoms with E-state index in [9.17, 15) is 14.0 Å². The van der Waals surface area contributed by atoms with Gasteiger partial charge in [0.05, 0.1) is 0 Å². The van der Waals surface area contributed by atoms with Crippen molar-refractivity contribution in [1.29, 1.82) is 0 Å². The predicted molar refractivity (Wildman–Crippen MR) is 125 cm³/mol. The number of benzene rings is 2. The number of carbonyl (C=O) groups excluding carboxylic acids is 2. The van der Waals surface area contributed by atoms with Gasteiger partial charge in [-0.15, -0.1) is 0 Å². The van der Waals surface area contributed by atoms with Gasteiger partial charge in [-0.2, -0.15) is 0 Å². The number of hydrogen-bond donors (Lipinski definition) is 2. The number of nitrogens with two attached hydrogens (primary N) is 1. The fourth-order valence-corrected chi connectivity index (χ4v) is 4.30. The number of amides is 2. The number of hydrogen-bond acceptors (Lipinski definition) is 4. The first kappa shape index (κ1) is 22.6. The summed E-state index contributed by atoms with van der Waals surface area (Å²) in [6.45, 7) is 0.312. The molecule has 1 aliphatic carbocycles. The zero-order valence-electron chi connectivity index (χ0n) is 18.3. The molecule has 0 radical (unpaired) electrons. The van der Waals surface area contributed by atoms with E-state index < -0.39 is 5.82 Å². The second-order valence-corrected chi connectivity index (χ2v) is 8.35. The molecule has 1 aromatic heterocycles. The molecule has 0 bridgehead atoms. The lowest BCUT2D eigenvalue weighted by Gasteiger charge is -2.38. The Hall–Kier alpha value is -3.58. The number of aromatic nitrogens is 1. The van der Waals surface area contributed by atoms with E-state index >= 15 is 0 Å². The maximum Gasteiger partial charge on any atom is 0.255 e. The van der Waals surface area contributed by atoms with Crippen molar-refractivity contribution in [1.82, 2.24) is 9.88 Å². The van der Waals surface area contributed by atoms with Crippen LogP contribution in [-0.4, -0.2) is 33.8 Å². The summed E-state index contributed by atoms with van der Waals surface area (Å²) >= 11 is 0. The highest BCUT2D eigenvalue weighted by atomic mass is 19.1. The fraction of sp³-hybridized carbons (Fsp3) is 0.269. The molecule has 0 spiro atoms. The van der Waals surface area contributed by atoms with E-state index in [4.69, 9.17) is 5.73 Å². The summed E-state index contributed by atoms with van der Waals surface area (Å²) in [4.78, 5) is 31.6. The normalized spacial score (nSPS) is 17.9. The quantitative estimate of drug-likeness (QED) is 0.588. The van der Waals surface area contributed by atoms with Gasteiger partial charge >= 0.3 is 0 Å². The zero-order chi connectivity index (χ0) is 23.2. The highest BCUT2D eigenvalue weighted by Gasteiger charge is 2.31. The zero-order valence-corrected chi connectivity index (χ0v) is 18.3. The lowest BCUT2D eigenvalue weighted by molar-refractivity contribution is 0.0583. The van der Waals surface area contributed by atoms with Crippen molar-refractivity contribution in [2.75, 3.05) is 5.32 Å². The number of nitrogens with zero attached hydrogens (tertiary/aromatic N) is 2. The van der Waals surface area contributed by atoms with E-state index in [1.807, 2.05) is 18.2 Å². The first-order chi connectivity index (χ1) is 16.0. The van der Waals surface area contributed by atoms with Crippen molar-refractivity contribution in [2.24, 2.45) is 5.73 Å². The molecule has 6 nitrogen and oxygen atoms in total. The third kappa shape index (κ3) is 5.62. The molecule has 2 atom stereocenters. The summed E-state index contributed by atoms with van der Waals surface area (Å²) in [5.41, 5.74) is 8.69. The van der Waals surface area contributed by atoms with Crippen LogP contribution in [0, 0.1) is 5.82 Å². The number of rotatable bonds is 6. The standard InChI is InChI=1S/C26H27FN4O2/c27-21-7-4-6-20(16-21)26(33)31(24-10-2-1-9-23(24)28)17-18-5-3-8-22(15-18)30-25(32)19-11-13-29-14-12-19/h3-8,11-16,23-24H,1-2,9-10,17,28H2,(H,30,32). The minimum absolute atomic E-state index is 0.133. The molecular formula is C26H27FN4O2. The van der Waals surface area contributed by atoms with Crippen molar-refractivity contribution in [2.45, 2.75) is 44.3 Å².